The van der Waals surface area contributed by atoms with E-state index in [2.05, 4.69) is 39.7 Å². The second-order valence-corrected chi connectivity index (χ2v) is 10.3. The predicted molar refractivity (Wildman–Crippen MR) is 147 cm³/mol. The fraction of sp³-hybridized carbons (Fsp3) is 0.500. The molecule has 0 atom stereocenters. The molecule has 0 fully saturated rings. The first kappa shape index (κ1) is 30.1. The second kappa shape index (κ2) is 14.5. The Balaban J connectivity index is 0.000000654. The van der Waals surface area contributed by atoms with Crippen molar-refractivity contribution in [1.29, 1.82) is 0 Å². The van der Waals surface area contributed by atoms with E-state index in [0.29, 0.717) is 52.8 Å². The maximum Gasteiger partial charge on any atom is 0.407 e. The molecule has 35 heavy (non-hydrogen) atoms. The predicted octanol–water partition coefficient (Wildman–Crippen LogP) is 5.20. The Hall–Kier alpha value is -2.92. The van der Waals surface area contributed by atoms with Crippen LogP contribution in [-0.4, -0.2) is 47.2 Å². The van der Waals surface area contributed by atoms with Gasteiger partial charge in [0.1, 0.15) is 15.3 Å². The van der Waals surface area contributed by atoms with Crippen molar-refractivity contribution in [2.24, 2.45) is 5.73 Å². The number of nitrogens with zero attached hydrogens (tertiary/aromatic N) is 3. The normalized spacial score (nSPS) is 10.5. The van der Waals surface area contributed by atoms with Gasteiger partial charge >= 0.3 is 6.09 Å². The highest BCUT2D eigenvalue weighted by Crippen LogP contribution is 2.32. The molecule has 11 heteroatoms. The lowest BCUT2D eigenvalue weighted by atomic mass is 10.2. The summed E-state index contributed by atoms with van der Waals surface area (Å²) in [6.07, 6.45) is 1.88. The third-order valence-electron chi connectivity index (χ3n) is 4.30. The number of aryl methyl sites for hydroxylation is 1. The number of hydrogen-bond donors (Lipinski definition) is 3. The Labute approximate surface area is 215 Å². The average Bonchev–Trinajstić information content (AvgIpc) is 3.40. The van der Waals surface area contributed by atoms with Gasteiger partial charge in [0.15, 0.2) is 0 Å². The van der Waals surface area contributed by atoms with E-state index in [0.717, 1.165) is 11.3 Å². The van der Waals surface area contributed by atoms with Crippen molar-refractivity contribution in [3.05, 3.63) is 33.5 Å². The van der Waals surface area contributed by atoms with Crippen LogP contribution < -0.4 is 21.7 Å². The molecule has 9 nitrogen and oxygen atoms in total. The number of alkyl carbamates (subject to hydrolysis) is 1. The van der Waals surface area contributed by atoms with Crippen molar-refractivity contribution in [1.82, 2.24) is 15.3 Å². The molecule has 3 aromatic heterocycles. The molecule has 0 radical (unpaired) electrons. The lowest BCUT2D eigenvalue weighted by Gasteiger charge is -2.22. The molecule has 0 bridgehead atoms. The standard InChI is InChI=1S/C17H26N6O3S.C5H6S.C2H6/c1-5-23(8-6-7-20-16(25)26-17(2,3)4)15-21-9-10-11(18)12(13(19)24)27-14(10)22-15;1-5-3-2-4-6-5;1-2/h9H,5-8,18H2,1-4H3,(H2,19,24)(H,20,25);2-4H,1H3;1-2H3. The van der Waals surface area contributed by atoms with Crippen molar-refractivity contribution in [3.63, 3.8) is 0 Å². The largest absolute Gasteiger partial charge is 0.444 e. The lowest BCUT2D eigenvalue weighted by molar-refractivity contribution is 0.0527. The van der Waals surface area contributed by atoms with Gasteiger partial charge < -0.3 is 26.4 Å². The number of anilines is 2. The molecular weight excluding hydrogens is 484 g/mol. The van der Waals surface area contributed by atoms with E-state index in [1.807, 2.05) is 46.4 Å². The Bertz CT molecular complexity index is 1060. The Morgan fingerprint density at radius 3 is 2.43 bits per heavy atom. The first-order chi connectivity index (χ1) is 16.5. The van der Waals surface area contributed by atoms with Gasteiger partial charge in [-0.3, -0.25) is 4.79 Å². The minimum Gasteiger partial charge on any atom is -0.444 e. The fourth-order valence-corrected chi connectivity index (χ4v) is 4.21. The van der Waals surface area contributed by atoms with Gasteiger partial charge in [-0.25, -0.2) is 14.8 Å². The first-order valence-corrected chi connectivity index (χ1v) is 13.3. The van der Waals surface area contributed by atoms with Gasteiger partial charge in [0.2, 0.25) is 5.95 Å². The highest BCUT2D eigenvalue weighted by molar-refractivity contribution is 7.21. The van der Waals surface area contributed by atoms with Crippen molar-refractivity contribution >= 4 is 56.5 Å². The zero-order chi connectivity index (χ0) is 26.6. The third-order valence-corrected chi connectivity index (χ3v) is 6.23. The Morgan fingerprint density at radius 2 is 1.94 bits per heavy atom. The van der Waals surface area contributed by atoms with Gasteiger partial charge in [-0.15, -0.1) is 22.7 Å². The minimum atomic E-state index is -0.572. The van der Waals surface area contributed by atoms with Crippen LogP contribution in [0.25, 0.3) is 10.2 Å². The van der Waals surface area contributed by atoms with E-state index in [9.17, 15) is 9.59 Å². The Kier molecular flexibility index (Phi) is 12.5. The summed E-state index contributed by atoms with van der Waals surface area (Å²) in [5.41, 5.74) is 11.1. The smallest absolute Gasteiger partial charge is 0.407 e. The van der Waals surface area contributed by atoms with Crippen LogP contribution in [0.5, 0.6) is 0 Å². The number of aromatic nitrogens is 2. The van der Waals surface area contributed by atoms with E-state index in [4.69, 9.17) is 16.2 Å². The van der Waals surface area contributed by atoms with E-state index in [1.165, 1.54) is 4.88 Å². The van der Waals surface area contributed by atoms with E-state index < -0.39 is 17.6 Å². The van der Waals surface area contributed by atoms with Gasteiger partial charge in [0.05, 0.1) is 11.1 Å². The van der Waals surface area contributed by atoms with Crippen molar-refractivity contribution in [2.45, 2.75) is 60.5 Å². The molecule has 2 amide bonds. The molecule has 0 saturated carbocycles. The second-order valence-electron chi connectivity index (χ2n) is 8.18. The van der Waals surface area contributed by atoms with Crippen LogP contribution >= 0.6 is 22.7 Å². The number of thiophene rings is 2. The number of rotatable bonds is 7. The number of primary amides is 1. The highest BCUT2D eigenvalue weighted by Gasteiger charge is 2.18. The summed E-state index contributed by atoms with van der Waals surface area (Å²) in [6, 6.07) is 4.16. The summed E-state index contributed by atoms with van der Waals surface area (Å²) in [4.78, 5) is 36.2. The molecule has 3 heterocycles. The number of ether oxygens (including phenoxy) is 1. The number of hydrogen-bond acceptors (Lipinski definition) is 9. The van der Waals surface area contributed by atoms with Gasteiger partial charge in [-0.05, 0) is 52.5 Å². The molecule has 194 valence electrons. The molecule has 5 N–H and O–H groups in total. The van der Waals surface area contributed by atoms with Crippen LogP contribution in [0, 0.1) is 6.92 Å². The monoisotopic (exact) mass is 522 g/mol. The number of nitrogens with one attached hydrogen (secondary N) is 1. The Morgan fingerprint density at radius 1 is 1.26 bits per heavy atom. The van der Waals surface area contributed by atoms with Crippen molar-refractivity contribution < 1.29 is 14.3 Å². The van der Waals surface area contributed by atoms with Crippen LogP contribution in [0.2, 0.25) is 0 Å². The summed E-state index contributed by atoms with van der Waals surface area (Å²) in [5, 5.41) is 5.43. The number of nitrogen functional groups attached to an aromatic ring is 1. The molecule has 3 rings (SSSR count). The van der Waals surface area contributed by atoms with E-state index in [1.54, 1.807) is 17.5 Å². The SMILES string of the molecule is CC.CCN(CCCNC(=O)OC(C)(C)C)c1ncc2c(N)c(C(N)=O)sc2n1.Cc1cccs1. The minimum absolute atomic E-state index is 0.293. The van der Waals surface area contributed by atoms with Crippen LogP contribution in [0.4, 0.5) is 16.4 Å². The van der Waals surface area contributed by atoms with E-state index in [-0.39, 0.29) is 0 Å². The number of amides is 2. The van der Waals surface area contributed by atoms with Gasteiger partial charge in [0.25, 0.3) is 5.91 Å². The molecule has 0 saturated heterocycles. The molecule has 0 aromatic carbocycles. The van der Waals surface area contributed by atoms with Crippen LogP contribution in [0.1, 0.15) is 62.5 Å². The summed E-state index contributed by atoms with van der Waals surface area (Å²) in [6.45, 7) is 15.4. The summed E-state index contributed by atoms with van der Waals surface area (Å²) < 4.78 is 5.20. The summed E-state index contributed by atoms with van der Waals surface area (Å²) in [7, 11) is 0. The molecule has 3 aromatic rings. The van der Waals surface area contributed by atoms with Crippen molar-refractivity contribution in [3.8, 4) is 0 Å². The number of nitrogens with two attached hydrogens (primary N) is 2. The molecule has 0 spiro atoms. The van der Waals surface area contributed by atoms with E-state index >= 15 is 0 Å². The summed E-state index contributed by atoms with van der Waals surface area (Å²) in [5.74, 6) is -0.0304. The molecule has 0 aliphatic carbocycles. The number of carbonyl (C=O) groups excluding carboxylic acids is 2. The number of fused-ring (bicyclic) bond motifs is 1. The average molecular weight is 523 g/mol. The third kappa shape index (κ3) is 10.1. The molecular formula is C24H38N6O3S2. The maximum atomic E-state index is 11.7. The van der Waals surface area contributed by atoms with Crippen LogP contribution in [0.3, 0.4) is 0 Å². The van der Waals surface area contributed by atoms with Crippen LogP contribution in [-0.2, 0) is 4.74 Å². The van der Waals surface area contributed by atoms with Gasteiger partial charge in [-0.1, -0.05) is 19.9 Å². The highest BCUT2D eigenvalue weighted by atomic mass is 32.1. The topological polar surface area (TPSA) is 136 Å². The lowest BCUT2D eigenvalue weighted by Crippen LogP contribution is -2.34. The number of carbonyl (C=O) groups is 2. The molecule has 0 unspecified atom stereocenters. The quantitative estimate of drug-likeness (QED) is 0.363. The first-order valence-electron chi connectivity index (χ1n) is 11.6. The molecule has 0 aliphatic heterocycles. The maximum absolute atomic E-state index is 11.7. The summed E-state index contributed by atoms with van der Waals surface area (Å²) >= 11 is 2.94. The molecule has 0 aliphatic rings. The van der Waals surface area contributed by atoms with Gasteiger partial charge in [-0.2, -0.15) is 0 Å². The van der Waals surface area contributed by atoms with Crippen molar-refractivity contribution in [2.75, 3.05) is 30.3 Å². The van der Waals surface area contributed by atoms with Gasteiger partial charge in [0, 0.05) is 30.7 Å². The fourth-order valence-electron chi connectivity index (χ4n) is 2.76. The zero-order valence-corrected chi connectivity index (χ0v) is 23.3. The zero-order valence-electron chi connectivity index (χ0n) is 21.7. The van der Waals surface area contributed by atoms with Crippen LogP contribution in [0.15, 0.2) is 23.7 Å².